The van der Waals surface area contributed by atoms with Crippen molar-refractivity contribution < 1.29 is 160 Å². The van der Waals surface area contributed by atoms with Gasteiger partial charge in [0.15, 0.2) is 87.3 Å². The molecule has 1 heterocycles. The van der Waals surface area contributed by atoms with E-state index in [-0.39, 0.29) is 30.5 Å². The molecule has 1 rings (SSSR count). The minimum atomic E-state index is -2.74. The topological polar surface area (TPSA) is 548 Å². The van der Waals surface area contributed by atoms with Crippen LogP contribution >= 0.6 is 92.8 Å². The number of ether oxygens (including phenoxy) is 8. The molecule has 0 aromatic carbocycles. The molecule has 1 aliphatic rings. The van der Waals surface area contributed by atoms with Crippen LogP contribution in [-0.2, 0) is 42.8 Å². The summed E-state index contributed by atoms with van der Waals surface area (Å²) in [5.74, 6) is -21.2. The van der Waals surface area contributed by atoms with E-state index in [1.807, 2.05) is 0 Å². The summed E-state index contributed by atoms with van der Waals surface area (Å²) in [5.41, 5.74) is 0. The zero-order chi connectivity index (χ0) is 67.4. The van der Waals surface area contributed by atoms with Crippen molar-refractivity contribution in [1.29, 1.82) is 0 Å². The summed E-state index contributed by atoms with van der Waals surface area (Å²) in [7, 11) is 0. The van der Waals surface area contributed by atoms with Crippen LogP contribution in [0.4, 0.5) is 0 Å². The van der Waals surface area contributed by atoms with E-state index in [2.05, 4.69) is 4.89 Å². The molecule has 1 saturated heterocycles. The van der Waals surface area contributed by atoms with Crippen molar-refractivity contribution in [2.24, 2.45) is 0 Å². The number of hydrogen-bond donors (Lipinski definition) is 23. The molecular formula is C48H74Cl8O32. The fourth-order valence-corrected chi connectivity index (χ4v) is 8.95. The molecule has 0 aliphatic carbocycles. The Morgan fingerprint density at radius 1 is 0.341 bits per heavy atom. The van der Waals surface area contributed by atoms with Crippen LogP contribution in [0.15, 0.2) is 80.6 Å². The number of halogens is 8. The van der Waals surface area contributed by atoms with Gasteiger partial charge in [0, 0.05) is 41.2 Å². The monoisotopic (exact) mass is 1440 g/mol. The van der Waals surface area contributed by atoms with Crippen molar-refractivity contribution in [3.8, 4) is 0 Å². The van der Waals surface area contributed by atoms with Gasteiger partial charge in [0.25, 0.3) is 0 Å². The van der Waals surface area contributed by atoms with Crippen molar-refractivity contribution in [3.05, 3.63) is 80.6 Å². The predicted molar refractivity (Wildman–Crippen MR) is 308 cm³/mol. The lowest BCUT2D eigenvalue weighted by Gasteiger charge is -2.43. The SMILES string of the molecule is C/C(O)=C(\O)C(CCCl)OC(O)/C(O)=C(/O)C(CCCl)OC(O)/C(O)=C(/O)C(CCCl)OC1OC(CCl)C(OC(O)/C(O)=C(\O)C(CCCl)OC(O)/C(O)=C(\O)C(CCCl)OC(O)/C(O)=C(\O)C(CCCl)OC(O)/C(O)=C(\O)C(CCCl)OO)C(O)C1O. The standard InChI is InChI=1S/C48H74Cl8O32/c1-17(57)26(58)18(2-9-49)80-42(73)34(66)27(59)19(3-10-50)82-45(76)37(69)31(63)23(7-14-54)85-48-40(72)33(65)41(25(16-56)86-48)87-47(78)38(70)30(62)22(6-13-53)83-44(75)35(67)28(60)20(4-11-51)81-43(74)36(68)29(61)21(5-12-52)84-46(77)39(71)32(64)24(88-79)8-15-55/h18-25,33,40-48,57-79H,2-16H2,1H3/b26-17+,34-27-,35-28+,36-29+,37-31-,38-30+,39-32+. The van der Waals surface area contributed by atoms with Gasteiger partial charge in [-0.05, 0) is 51.9 Å². The molecule has 0 radical (unpaired) electrons. The second-order valence-electron chi connectivity index (χ2n) is 18.2. The number of allylic oxidation sites excluding steroid dienone is 1. The van der Waals surface area contributed by atoms with Crippen LogP contribution in [0, 0.1) is 0 Å². The van der Waals surface area contributed by atoms with Crippen LogP contribution in [0.3, 0.4) is 0 Å². The molecule has 40 heteroatoms. The lowest BCUT2D eigenvalue weighted by Crippen LogP contribution is -2.61. The minimum absolute atomic E-state index is 0.181. The van der Waals surface area contributed by atoms with Crippen molar-refractivity contribution >= 4 is 92.8 Å². The van der Waals surface area contributed by atoms with Crippen LogP contribution in [0.1, 0.15) is 51.9 Å². The first-order valence-electron chi connectivity index (χ1n) is 25.6. The third-order valence-corrected chi connectivity index (χ3v) is 13.9. The summed E-state index contributed by atoms with van der Waals surface area (Å²) in [6, 6.07) is 0. The number of aliphatic hydroxyl groups is 22. The van der Waals surface area contributed by atoms with Crippen LogP contribution in [0.2, 0.25) is 0 Å². The molecule has 23 N–H and O–H groups in total. The van der Waals surface area contributed by atoms with Gasteiger partial charge < -0.3 is 150 Å². The Morgan fingerprint density at radius 2 is 0.591 bits per heavy atom. The zero-order valence-electron chi connectivity index (χ0n) is 46.0. The minimum Gasteiger partial charge on any atom is -0.509 e. The first-order chi connectivity index (χ1) is 41.3. The molecule has 0 amide bonds. The van der Waals surface area contributed by atoms with Gasteiger partial charge in [0.2, 0.25) is 37.7 Å². The van der Waals surface area contributed by atoms with E-state index < -0.39 is 253 Å². The summed E-state index contributed by atoms with van der Waals surface area (Å²) in [4.78, 5) is 3.98. The molecule has 0 aromatic heterocycles. The first kappa shape index (κ1) is 83.0. The Bertz CT molecular complexity index is 2310. The molecule has 514 valence electrons. The molecule has 0 saturated carbocycles. The van der Waals surface area contributed by atoms with Crippen molar-refractivity contribution in [2.75, 3.05) is 47.0 Å². The molecule has 0 bridgehead atoms. The predicted octanol–water partition coefficient (Wildman–Crippen LogP) is 4.85. The fraction of sp³-hybridized carbons (Fsp3) is 0.708. The Labute approximate surface area is 541 Å². The molecule has 32 nitrogen and oxygen atoms in total. The highest BCUT2D eigenvalue weighted by Crippen LogP contribution is 2.32. The molecule has 0 spiro atoms. The summed E-state index contributed by atoms with van der Waals surface area (Å²) in [6.45, 7) is 1.07. The number of hydrogen-bond acceptors (Lipinski definition) is 32. The van der Waals surface area contributed by atoms with Crippen LogP contribution in [-0.4, -0.2) is 276 Å². The second-order valence-corrected chi connectivity index (χ2v) is 21.1. The maximum atomic E-state index is 11.2. The maximum absolute atomic E-state index is 11.2. The maximum Gasteiger partial charge on any atom is 0.218 e. The Balaban J connectivity index is 3.42. The Hall–Kier alpha value is -3.02. The third-order valence-electron chi connectivity index (χ3n) is 12.1. The smallest absolute Gasteiger partial charge is 0.218 e. The average molecular weight is 1450 g/mol. The largest absolute Gasteiger partial charge is 0.509 e. The highest BCUT2D eigenvalue weighted by molar-refractivity contribution is 6.19. The van der Waals surface area contributed by atoms with Gasteiger partial charge in [0.1, 0.15) is 66.8 Å². The van der Waals surface area contributed by atoms with Crippen LogP contribution < -0.4 is 0 Å². The van der Waals surface area contributed by atoms with Gasteiger partial charge in [-0.3, -0.25) is 5.26 Å². The molecule has 88 heavy (non-hydrogen) atoms. The normalized spacial score (nSPS) is 24.2. The van der Waals surface area contributed by atoms with E-state index in [9.17, 15) is 112 Å². The third kappa shape index (κ3) is 24.8. The molecule has 1 fully saturated rings. The van der Waals surface area contributed by atoms with Gasteiger partial charge in [-0.1, -0.05) is 0 Å². The van der Waals surface area contributed by atoms with Crippen molar-refractivity contribution in [1.82, 2.24) is 0 Å². The van der Waals surface area contributed by atoms with E-state index in [4.69, 9.17) is 136 Å². The van der Waals surface area contributed by atoms with E-state index >= 15 is 0 Å². The summed E-state index contributed by atoms with van der Waals surface area (Å²) < 4.78 is 42.2. The van der Waals surface area contributed by atoms with Crippen LogP contribution in [0.25, 0.3) is 0 Å². The highest BCUT2D eigenvalue weighted by atomic mass is 35.5. The second kappa shape index (κ2) is 42.3. The highest BCUT2D eigenvalue weighted by Gasteiger charge is 2.48. The van der Waals surface area contributed by atoms with E-state index in [1.54, 1.807) is 0 Å². The van der Waals surface area contributed by atoms with Crippen LogP contribution in [0.5, 0.6) is 0 Å². The van der Waals surface area contributed by atoms with Crippen molar-refractivity contribution in [3.63, 3.8) is 0 Å². The number of rotatable bonds is 43. The van der Waals surface area contributed by atoms with E-state index in [1.165, 1.54) is 0 Å². The average Bonchev–Trinajstić information content (AvgIpc) is 1.91. The Kier molecular flexibility index (Phi) is 39.9. The lowest BCUT2D eigenvalue weighted by atomic mass is 9.99. The van der Waals surface area contributed by atoms with E-state index in [0.717, 1.165) is 6.92 Å². The summed E-state index contributed by atoms with van der Waals surface area (Å²) in [6.07, 6.45) is -42.1. The lowest BCUT2D eigenvalue weighted by molar-refractivity contribution is -0.321. The number of alkyl halides is 8. The quantitative estimate of drug-likeness (QED) is 0.0127. The fourth-order valence-electron chi connectivity index (χ4n) is 7.32. The molecule has 0 aromatic rings. The van der Waals surface area contributed by atoms with Crippen molar-refractivity contribution in [2.45, 2.75) is 163 Å². The van der Waals surface area contributed by atoms with Gasteiger partial charge >= 0.3 is 0 Å². The molecular weight excluding hydrogens is 1370 g/mol. The Morgan fingerprint density at radius 3 is 0.864 bits per heavy atom. The summed E-state index contributed by atoms with van der Waals surface area (Å²) in [5, 5.41) is 244. The number of aliphatic hydroxyl groups excluding tert-OH is 22. The van der Waals surface area contributed by atoms with Gasteiger partial charge in [-0.25, -0.2) is 4.89 Å². The van der Waals surface area contributed by atoms with Gasteiger partial charge in [0.05, 0.1) is 5.88 Å². The van der Waals surface area contributed by atoms with E-state index in [0.29, 0.717) is 0 Å². The molecule has 1 aliphatic heterocycles. The molecule has 18 unspecified atom stereocenters. The summed E-state index contributed by atoms with van der Waals surface area (Å²) >= 11 is 46.4. The zero-order valence-corrected chi connectivity index (χ0v) is 52.0. The first-order valence-corrected chi connectivity index (χ1v) is 29.9. The van der Waals surface area contributed by atoms with Gasteiger partial charge in [-0.2, -0.15) is 0 Å². The van der Waals surface area contributed by atoms with Gasteiger partial charge in [-0.15, -0.1) is 92.8 Å². The molecule has 18 atom stereocenters.